The predicted molar refractivity (Wildman–Crippen MR) is 81.3 cm³/mol. The third kappa shape index (κ3) is 5.37. The summed E-state index contributed by atoms with van der Waals surface area (Å²) < 4.78 is 34.1. The summed E-state index contributed by atoms with van der Waals surface area (Å²) in [6.07, 6.45) is -1.97. The van der Waals surface area contributed by atoms with E-state index in [9.17, 15) is 23.5 Å². The molecule has 10 heteroatoms. The molecule has 2 N–H and O–H groups in total. The number of halogens is 2. The van der Waals surface area contributed by atoms with Gasteiger partial charge in [-0.05, 0) is 12.1 Å². The van der Waals surface area contributed by atoms with E-state index in [1.807, 2.05) is 0 Å². The van der Waals surface area contributed by atoms with Gasteiger partial charge in [-0.15, -0.1) is 0 Å². The second-order valence-electron chi connectivity index (χ2n) is 5.35. The Bertz CT molecular complexity index is 615. The van der Waals surface area contributed by atoms with Gasteiger partial charge in [0.15, 0.2) is 0 Å². The summed E-state index contributed by atoms with van der Waals surface area (Å²) in [7, 11) is 0. The monoisotopic (exact) mass is 360 g/mol. The lowest BCUT2D eigenvalue weighted by atomic mass is 10.1. The van der Waals surface area contributed by atoms with E-state index in [4.69, 9.17) is 9.84 Å². The van der Waals surface area contributed by atoms with Crippen molar-refractivity contribution in [3.05, 3.63) is 24.3 Å². The number of hydrogen-bond acceptors (Lipinski definition) is 4. The summed E-state index contributed by atoms with van der Waals surface area (Å²) in [6, 6.07) is 5.16. The van der Waals surface area contributed by atoms with Crippen LogP contribution in [0.5, 0.6) is 11.5 Å². The Morgan fingerprint density at radius 1 is 1.20 bits per heavy atom. The van der Waals surface area contributed by atoms with Gasteiger partial charge in [-0.2, -0.15) is 8.78 Å². The first kappa shape index (κ1) is 18.6. The Labute approximate surface area is 142 Å². The molecule has 1 saturated heterocycles. The number of benzene rings is 1. The molecule has 25 heavy (non-hydrogen) atoms. The van der Waals surface area contributed by atoms with Crippen LogP contribution in [0.3, 0.4) is 0 Å². The molecule has 1 aliphatic heterocycles. The zero-order valence-corrected chi connectivity index (χ0v) is 13.2. The van der Waals surface area contributed by atoms with Crippen LogP contribution in [-0.4, -0.2) is 71.1 Å². The maximum absolute atomic E-state index is 12.2. The number of amides is 2. The lowest BCUT2D eigenvalue weighted by Crippen LogP contribution is -2.56. The minimum atomic E-state index is -2.94. The number of carboxylic acid groups (broad SMARTS) is 2. The van der Waals surface area contributed by atoms with E-state index in [0.29, 0.717) is 5.75 Å². The van der Waals surface area contributed by atoms with Crippen LogP contribution in [0.25, 0.3) is 0 Å². The summed E-state index contributed by atoms with van der Waals surface area (Å²) in [5.74, 6) is 0.250. The predicted octanol–water partition coefficient (Wildman–Crippen LogP) is 2.40. The number of rotatable bonds is 6. The third-order valence-electron chi connectivity index (χ3n) is 3.75. The molecular formula is C15H18F2N2O6. The summed E-state index contributed by atoms with van der Waals surface area (Å²) in [5, 5.41) is 18.2. The van der Waals surface area contributed by atoms with E-state index in [1.165, 1.54) is 23.1 Å². The average Bonchev–Trinajstić information content (AvgIpc) is 2.54. The number of ether oxygens (including phenoxy) is 2. The fourth-order valence-electron chi connectivity index (χ4n) is 2.58. The van der Waals surface area contributed by atoms with Crippen molar-refractivity contribution in [2.75, 3.05) is 26.2 Å². The molecular weight excluding hydrogens is 342 g/mol. The van der Waals surface area contributed by atoms with Gasteiger partial charge in [-0.1, -0.05) is 6.07 Å². The van der Waals surface area contributed by atoms with Crippen LogP contribution in [0.15, 0.2) is 24.3 Å². The molecule has 0 radical (unpaired) electrons. The lowest BCUT2D eigenvalue weighted by molar-refractivity contribution is -0.0499. The average molecular weight is 360 g/mol. The Balaban J connectivity index is 1.91. The van der Waals surface area contributed by atoms with Crippen LogP contribution >= 0.6 is 0 Å². The first-order chi connectivity index (χ1) is 11.9. The molecule has 0 spiro atoms. The molecule has 2 rings (SSSR count). The Morgan fingerprint density at radius 3 is 2.56 bits per heavy atom. The maximum atomic E-state index is 12.2. The molecule has 138 valence electrons. The highest BCUT2D eigenvalue weighted by molar-refractivity contribution is 5.68. The first-order valence-corrected chi connectivity index (χ1v) is 7.52. The standard InChI is InChI=1S/C15H18F2N2O6/c16-13(17)25-12-3-1-2-11(8-12)24-7-4-10-9-18(14(20)21)5-6-19(10)15(22)23/h1-3,8,10,13H,4-7,9H2,(H,20,21)(H,22,23)/t10-/m1/s1. The molecule has 0 bridgehead atoms. The van der Waals surface area contributed by atoms with Crippen molar-refractivity contribution in [1.82, 2.24) is 9.80 Å². The van der Waals surface area contributed by atoms with Crippen LogP contribution in [0.4, 0.5) is 18.4 Å². The molecule has 2 amide bonds. The van der Waals surface area contributed by atoms with E-state index in [-0.39, 0.29) is 38.4 Å². The zero-order chi connectivity index (χ0) is 18.4. The lowest BCUT2D eigenvalue weighted by Gasteiger charge is -2.38. The van der Waals surface area contributed by atoms with Crippen LogP contribution in [-0.2, 0) is 0 Å². The minimum absolute atomic E-state index is 0.0469. The van der Waals surface area contributed by atoms with Gasteiger partial charge in [-0.25, -0.2) is 9.59 Å². The molecule has 1 aromatic carbocycles. The molecule has 1 aromatic rings. The van der Waals surface area contributed by atoms with E-state index >= 15 is 0 Å². The molecule has 1 atom stereocenters. The molecule has 1 aliphatic rings. The maximum Gasteiger partial charge on any atom is 0.407 e. The summed E-state index contributed by atoms with van der Waals surface area (Å²) in [4.78, 5) is 24.6. The van der Waals surface area contributed by atoms with E-state index in [0.717, 1.165) is 4.90 Å². The highest BCUT2D eigenvalue weighted by Gasteiger charge is 2.32. The van der Waals surface area contributed by atoms with E-state index in [2.05, 4.69) is 4.74 Å². The highest BCUT2D eigenvalue weighted by atomic mass is 19.3. The summed E-state index contributed by atoms with van der Waals surface area (Å²) in [5.41, 5.74) is 0. The number of nitrogens with zero attached hydrogens (tertiary/aromatic N) is 2. The van der Waals surface area contributed by atoms with Crippen LogP contribution < -0.4 is 9.47 Å². The molecule has 0 saturated carbocycles. The fraction of sp³-hybridized carbons (Fsp3) is 0.467. The highest BCUT2D eigenvalue weighted by Crippen LogP contribution is 2.22. The SMILES string of the molecule is O=C(O)N1CCN(C(=O)O)[C@H](CCOc2cccc(OC(F)F)c2)C1. The molecule has 8 nitrogen and oxygen atoms in total. The topological polar surface area (TPSA) is 99.5 Å². The van der Waals surface area contributed by atoms with Gasteiger partial charge < -0.3 is 29.5 Å². The summed E-state index contributed by atoms with van der Waals surface area (Å²) in [6.45, 7) is -2.58. The Kier molecular flexibility index (Phi) is 6.20. The van der Waals surface area contributed by atoms with Crippen molar-refractivity contribution in [2.24, 2.45) is 0 Å². The number of alkyl halides is 2. The van der Waals surface area contributed by atoms with Gasteiger partial charge in [0, 0.05) is 32.1 Å². The number of hydrogen-bond donors (Lipinski definition) is 2. The van der Waals surface area contributed by atoms with Crippen LogP contribution in [0.1, 0.15) is 6.42 Å². The van der Waals surface area contributed by atoms with Gasteiger partial charge >= 0.3 is 18.8 Å². The van der Waals surface area contributed by atoms with Crippen molar-refractivity contribution >= 4 is 12.2 Å². The Morgan fingerprint density at radius 2 is 1.92 bits per heavy atom. The van der Waals surface area contributed by atoms with Gasteiger partial charge in [0.1, 0.15) is 11.5 Å². The largest absolute Gasteiger partial charge is 0.493 e. The van der Waals surface area contributed by atoms with Gasteiger partial charge in [0.2, 0.25) is 0 Å². The fourth-order valence-corrected chi connectivity index (χ4v) is 2.58. The zero-order valence-electron chi connectivity index (χ0n) is 13.2. The van der Waals surface area contributed by atoms with E-state index in [1.54, 1.807) is 6.07 Å². The van der Waals surface area contributed by atoms with Crippen molar-refractivity contribution in [3.63, 3.8) is 0 Å². The molecule has 0 aromatic heterocycles. The van der Waals surface area contributed by atoms with Gasteiger partial charge in [0.05, 0.1) is 12.6 Å². The molecule has 1 fully saturated rings. The normalized spacial score (nSPS) is 17.5. The van der Waals surface area contributed by atoms with Crippen molar-refractivity contribution in [3.8, 4) is 11.5 Å². The van der Waals surface area contributed by atoms with Crippen molar-refractivity contribution in [2.45, 2.75) is 19.1 Å². The quantitative estimate of drug-likeness (QED) is 0.808. The first-order valence-electron chi connectivity index (χ1n) is 7.52. The van der Waals surface area contributed by atoms with Crippen LogP contribution in [0.2, 0.25) is 0 Å². The minimum Gasteiger partial charge on any atom is -0.493 e. The van der Waals surface area contributed by atoms with Gasteiger partial charge in [0.25, 0.3) is 0 Å². The second kappa shape index (κ2) is 8.36. The van der Waals surface area contributed by atoms with E-state index < -0.39 is 24.8 Å². The van der Waals surface area contributed by atoms with Crippen molar-refractivity contribution in [1.29, 1.82) is 0 Å². The van der Waals surface area contributed by atoms with Crippen LogP contribution in [0, 0.1) is 0 Å². The third-order valence-corrected chi connectivity index (χ3v) is 3.75. The van der Waals surface area contributed by atoms with Crippen molar-refractivity contribution < 1.29 is 38.1 Å². The smallest absolute Gasteiger partial charge is 0.407 e. The number of piperazine rings is 1. The molecule has 0 unspecified atom stereocenters. The second-order valence-corrected chi connectivity index (χ2v) is 5.35. The molecule has 0 aliphatic carbocycles. The Hall–Kier alpha value is -2.78. The summed E-state index contributed by atoms with van der Waals surface area (Å²) >= 11 is 0. The number of carbonyl (C=O) groups is 2. The van der Waals surface area contributed by atoms with Gasteiger partial charge in [-0.3, -0.25) is 0 Å². The molecule has 1 heterocycles.